The van der Waals surface area contributed by atoms with Crippen molar-refractivity contribution >= 4 is 17.6 Å². The van der Waals surface area contributed by atoms with Gasteiger partial charge in [0.25, 0.3) is 0 Å². The van der Waals surface area contributed by atoms with Crippen LogP contribution in [0.2, 0.25) is 0 Å². The third-order valence-electron chi connectivity index (χ3n) is 2.49. The van der Waals surface area contributed by atoms with E-state index in [1.54, 1.807) is 0 Å². The van der Waals surface area contributed by atoms with Gasteiger partial charge in [-0.2, -0.15) is 10.5 Å². The second kappa shape index (κ2) is 7.58. The zero-order valence-electron chi connectivity index (χ0n) is 10.4. The smallest absolute Gasteiger partial charge is 0.142 e. The van der Waals surface area contributed by atoms with Gasteiger partial charge >= 0.3 is 0 Å². The Bertz CT molecular complexity index is 485. The molecule has 0 spiro atoms. The van der Waals surface area contributed by atoms with E-state index in [0.717, 1.165) is 12.2 Å². The number of anilines is 1. The molecule has 0 saturated carbocycles. The van der Waals surface area contributed by atoms with E-state index in [4.69, 9.17) is 16.3 Å². The molecule has 0 aliphatic carbocycles. The number of hydrogen-bond donors (Lipinski definition) is 1. The third kappa shape index (κ3) is 3.94. The molecule has 5 heteroatoms. The monoisotopic (exact) mass is 260 g/mol. The van der Waals surface area contributed by atoms with Gasteiger partial charge in [0, 0.05) is 0 Å². The molecular weight excluding hydrogens is 244 g/mol. The minimum absolute atomic E-state index is 0.201. The molecule has 0 amide bonds. The largest absolute Gasteiger partial charge is 0.383 e. The summed E-state index contributed by atoms with van der Waals surface area (Å²) in [6.07, 6.45) is 4.73. The standard InChI is InChI=1S/C13H16N4S/c1-2-3-4-5-6-18-13-11(9-15)7-10(8-14)12(16)17-13/h7H,2-6H2,1H3,(H2,16,17). The highest BCUT2D eigenvalue weighted by Gasteiger charge is 2.09. The first-order valence-electron chi connectivity index (χ1n) is 5.96. The predicted molar refractivity (Wildman–Crippen MR) is 72.9 cm³/mol. The first-order chi connectivity index (χ1) is 8.72. The van der Waals surface area contributed by atoms with Crippen LogP contribution in [0.5, 0.6) is 0 Å². The molecule has 94 valence electrons. The molecule has 1 heterocycles. The summed E-state index contributed by atoms with van der Waals surface area (Å²) >= 11 is 1.53. The molecule has 0 atom stereocenters. The van der Waals surface area contributed by atoms with E-state index >= 15 is 0 Å². The van der Waals surface area contributed by atoms with Crippen LogP contribution in [0.15, 0.2) is 11.1 Å². The van der Waals surface area contributed by atoms with Crippen molar-refractivity contribution in [1.29, 1.82) is 10.5 Å². The van der Waals surface area contributed by atoms with E-state index in [2.05, 4.69) is 18.0 Å². The van der Waals surface area contributed by atoms with Crippen molar-refractivity contribution in [2.75, 3.05) is 11.5 Å². The van der Waals surface area contributed by atoms with Crippen LogP contribution in [-0.4, -0.2) is 10.7 Å². The molecule has 0 radical (unpaired) electrons. The molecule has 4 nitrogen and oxygen atoms in total. The van der Waals surface area contributed by atoms with Gasteiger partial charge in [0.2, 0.25) is 0 Å². The zero-order valence-corrected chi connectivity index (χ0v) is 11.3. The van der Waals surface area contributed by atoms with Gasteiger partial charge < -0.3 is 5.73 Å². The van der Waals surface area contributed by atoms with Crippen molar-refractivity contribution in [2.45, 2.75) is 37.6 Å². The lowest BCUT2D eigenvalue weighted by molar-refractivity contribution is 0.706. The maximum absolute atomic E-state index is 9.02. The van der Waals surface area contributed by atoms with Gasteiger partial charge in [0.05, 0.1) is 11.1 Å². The van der Waals surface area contributed by atoms with E-state index < -0.39 is 0 Å². The van der Waals surface area contributed by atoms with Crippen LogP contribution < -0.4 is 5.73 Å². The minimum Gasteiger partial charge on any atom is -0.383 e. The van der Waals surface area contributed by atoms with Crippen molar-refractivity contribution in [1.82, 2.24) is 4.98 Å². The van der Waals surface area contributed by atoms with Gasteiger partial charge in [-0.3, -0.25) is 0 Å². The average Bonchev–Trinajstić information content (AvgIpc) is 2.38. The third-order valence-corrected chi connectivity index (χ3v) is 3.57. The molecule has 18 heavy (non-hydrogen) atoms. The number of hydrogen-bond acceptors (Lipinski definition) is 5. The number of nitriles is 2. The molecule has 0 aliphatic heterocycles. The van der Waals surface area contributed by atoms with Gasteiger partial charge in [-0.25, -0.2) is 4.98 Å². The van der Waals surface area contributed by atoms with Crippen molar-refractivity contribution in [3.63, 3.8) is 0 Å². The first kappa shape index (κ1) is 14.3. The van der Waals surface area contributed by atoms with Gasteiger partial charge in [-0.05, 0) is 18.2 Å². The molecular formula is C13H16N4S. The summed E-state index contributed by atoms with van der Waals surface area (Å²) in [6.45, 7) is 2.17. The van der Waals surface area contributed by atoms with Gasteiger partial charge in [-0.15, -0.1) is 11.8 Å². The molecule has 0 aliphatic rings. The van der Waals surface area contributed by atoms with Crippen molar-refractivity contribution in [3.8, 4) is 12.1 Å². The summed E-state index contributed by atoms with van der Waals surface area (Å²) in [5.74, 6) is 1.13. The summed E-state index contributed by atoms with van der Waals surface area (Å²) in [5.41, 5.74) is 6.35. The van der Waals surface area contributed by atoms with Crippen LogP contribution in [-0.2, 0) is 0 Å². The van der Waals surface area contributed by atoms with Gasteiger partial charge in [-0.1, -0.05) is 26.2 Å². The van der Waals surface area contributed by atoms with E-state index in [0.29, 0.717) is 10.6 Å². The number of nitrogens with two attached hydrogens (primary N) is 1. The Morgan fingerprint density at radius 2 is 1.94 bits per heavy atom. The Balaban J connectivity index is 2.69. The second-order valence-electron chi connectivity index (χ2n) is 3.91. The van der Waals surface area contributed by atoms with Gasteiger partial charge in [0.1, 0.15) is 23.0 Å². The molecule has 1 aromatic rings. The summed E-state index contributed by atoms with van der Waals surface area (Å²) in [6, 6.07) is 5.50. The quantitative estimate of drug-likeness (QED) is 0.627. The fraction of sp³-hybridized carbons (Fsp3) is 0.462. The number of nitrogen functional groups attached to an aromatic ring is 1. The highest BCUT2D eigenvalue weighted by molar-refractivity contribution is 7.99. The number of pyridine rings is 1. The SMILES string of the molecule is CCCCCCSc1nc(N)c(C#N)cc1C#N. The number of unbranched alkanes of at least 4 members (excludes halogenated alkanes) is 3. The molecule has 0 unspecified atom stereocenters. The minimum atomic E-state index is 0.201. The van der Waals surface area contributed by atoms with Crippen LogP contribution in [0, 0.1) is 22.7 Å². The number of aromatic nitrogens is 1. The van der Waals surface area contributed by atoms with Crippen LogP contribution in [0.1, 0.15) is 43.7 Å². The molecule has 0 saturated heterocycles. The lowest BCUT2D eigenvalue weighted by Gasteiger charge is -2.05. The van der Waals surface area contributed by atoms with E-state index in [1.165, 1.54) is 37.1 Å². The highest BCUT2D eigenvalue weighted by Crippen LogP contribution is 2.24. The first-order valence-corrected chi connectivity index (χ1v) is 6.95. The summed E-state index contributed by atoms with van der Waals surface area (Å²) in [4.78, 5) is 4.13. The van der Waals surface area contributed by atoms with Gasteiger partial charge in [0.15, 0.2) is 0 Å². The predicted octanol–water partition coefficient (Wildman–Crippen LogP) is 3.08. The normalized spacial score (nSPS) is 9.72. The Morgan fingerprint density at radius 1 is 1.22 bits per heavy atom. The lowest BCUT2D eigenvalue weighted by Crippen LogP contribution is -1.99. The Hall–Kier alpha value is -1.72. The topological polar surface area (TPSA) is 86.5 Å². The number of rotatable bonds is 6. The van der Waals surface area contributed by atoms with Crippen LogP contribution in [0.4, 0.5) is 5.82 Å². The van der Waals surface area contributed by atoms with Crippen molar-refractivity contribution in [2.24, 2.45) is 0 Å². The fourth-order valence-electron chi connectivity index (χ4n) is 1.49. The van der Waals surface area contributed by atoms with Crippen molar-refractivity contribution in [3.05, 3.63) is 17.2 Å². The highest BCUT2D eigenvalue weighted by atomic mass is 32.2. The van der Waals surface area contributed by atoms with Crippen LogP contribution >= 0.6 is 11.8 Å². The average molecular weight is 260 g/mol. The van der Waals surface area contributed by atoms with Crippen LogP contribution in [0.3, 0.4) is 0 Å². The Morgan fingerprint density at radius 3 is 2.56 bits per heavy atom. The Labute approximate surface area is 112 Å². The van der Waals surface area contributed by atoms with Crippen molar-refractivity contribution < 1.29 is 0 Å². The number of nitrogens with zero attached hydrogens (tertiary/aromatic N) is 3. The second-order valence-corrected chi connectivity index (χ2v) is 4.99. The fourth-order valence-corrected chi connectivity index (χ4v) is 2.45. The van der Waals surface area contributed by atoms with E-state index in [1.807, 2.05) is 6.07 Å². The molecule has 1 rings (SSSR count). The molecule has 0 bridgehead atoms. The molecule has 0 fully saturated rings. The molecule has 2 N–H and O–H groups in total. The van der Waals surface area contributed by atoms with Crippen LogP contribution in [0.25, 0.3) is 0 Å². The Kier molecular flexibility index (Phi) is 6.04. The van der Waals surface area contributed by atoms with E-state index in [9.17, 15) is 0 Å². The summed E-state index contributed by atoms with van der Waals surface area (Å²) < 4.78 is 0. The summed E-state index contributed by atoms with van der Waals surface area (Å²) in [7, 11) is 0. The zero-order chi connectivity index (χ0) is 13.4. The maximum atomic E-state index is 9.02. The molecule has 1 aromatic heterocycles. The summed E-state index contributed by atoms with van der Waals surface area (Å²) in [5, 5.41) is 18.5. The number of thioether (sulfide) groups is 1. The lowest BCUT2D eigenvalue weighted by atomic mass is 10.2. The maximum Gasteiger partial charge on any atom is 0.142 e. The van der Waals surface area contributed by atoms with E-state index in [-0.39, 0.29) is 11.4 Å². The molecule has 0 aromatic carbocycles.